The average Bonchev–Trinajstić information content (AvgIpc) is 1.82. The molecule has 1 unspecified atom stereocenters. The molecular formula is C8H18N. The summed E-state index contributed by atoms with van der Waals surface area (Å²) in [6, 6.07) is 0.616. The Hall–Kier alpha value is -0.0400. The minimum atomic E-state index is 0.616. The van der Waals surface area contributed by atoms with E-state index < -0.39 is 0 Å². The Morgan fingerprint density at radius 3 is 2.11 bits per heavy atom. The third kappa shape index (κ3) is 4.46. The van der Waals surface area contributed by atoms with E-state index in [9.17, 15) is 0 Å². The van der Waals surface area contributed by atoms with Gasteiger partial charge in [0, 0.05) is 13.1 Å². The lowest BCUT2D eigenvalue weighted by atomic mass is 10.0. The normalized spacial score (nSPS) is 14.3. The predicted molar refractivity (Wildman–Crippen MR) is 42.0 cm³/mol. The van der Waals surface area contributed by atoms with Gasteiger partial charge in [0.25, 0.3) is 0 Å². The molecule has 0 aromatic heterocycles. The van der Waals surface area contributed by atoms with Crippen molar-refractivity contribution in [3.8, 4) is 0 Å². The van der Waals surface area contributed by atoms with Crippen LogP contribution in [0.3, 0.4) is 0 Å². The number of nitrogens with one attached hydrogen (secondary N) is 1. The molecule has 0 aromatic carbocycles. The van der Waals surface area contributed by atoms with Crippen molar-refractivity contribution in [3.05, 3.63) is 7.05 Å². The minimum Gasteiger partial charge on any atom is -0.313 e. The van der Waals surface area contributed by atoms with Crippen LogP contribution in [-0.2, 0) is 0 Å². The van der Waals surface area contributed by atoms with Crippen LogP contribution in [-0.4, -0.2) is 6.04 Å². The van der Waals surface area contributed by atoms with Gasteiger partial charge < -0.3 is 5.32 Å². The maximum absolute atomic E-state index is 3.66. The molecule has 1 nitrogen and oxygen atoms in total. The molecule has 1 radical (unpaired) electrons. The molecule has 0 heterocycles. The van der Waals surface area contributed by atoms with E-state index >= 15 is 0 Å². The molecule has 9 heavy (non-hydrogen) atoms. The Kier molecular flexibility index (Phi) is 4.78. The zero-order valence-corrected chi connectivity index (χ0v) is 6.78. The molecule has 0 aliphatic heterocycles. The highest BCUT2D eigenvalue weighted by atomic mass is 14.9. The Morgan fingerprint density at radius 1 is 1.44 bits per heavy atom. The maximum atomic E-state index is 3.66. The minimum absolute atomic E-state index is 0.616. The van der Waals surface area contributed by atoms with E-state index in [-0.39, 0.29) is 0 Å². The number of hydrogen-bond acceptors (Lipinski definition) is 1. The maximum Gasteiger partial charge on any atom is 0.00794 e. The van der Waals surface area contributed by atoms with Crippen LogP contribution in [0.25, 0.3) is 0 Å². The van der Waals surface area contributed by atoms with E-state index in [1.165, 1.54) is 12.8 Å². The van der Waals surface area contributed by atoms with Crippen LogP contribution < -0.4 is 5.32 Å². The van der Waals surface area contributed by atoms with Crippen molar-refractivity contribution in [3.63, 3.8) is 0 Å². The van der Waals surface area contributed by atoms with Gasteiger partial charge in [0.2, 0.25) is 0 Å². The fourth-order valence-electron chi connectivity index (χ4n) is 0.963. The van der Waals surface area contributed by atoms with E-state index in [0.717, 1.165) is 5.92 Å². The molecule has 0 aliphatic rings. The largest absolute Gasteiger partial charge is 0.313 e. The monoisotopic (exact) mass is 128 g/mol. The summed E-state index contributed by atoms with van der Waals surface area (Å²) < 4.78 is 0. The highest BCUT2D eigenvalue weighted by molar-refractivity contribution is 4.65. The van der Waals surface area contributed by atoms with Gasteiger partial charge in [-0.2, -0.15) is 0 Å². The molecule has 0 aliphatic carbocycles. The quantitative estimate of drug-likeness (QED) is 0.612. The molecule has 1 N–H and O–H groups in total. The van der Waals surface area contributed by atoms with Crippen LogP contribution in [0.4, 0.5) is 0 Å². The topological polar surface area (TPSA) is 12.0 Å². The standard InChI is InChI=1S/C8H18N/c1-5-8(9-4)6-7(2)3/h7-9H,4-6H2,1-3H3. The summed E-state index contributed by atoms with van der Waals surface area (Å²) in [7, 11) is 3.66. The molecule has 0 amide bonds. The first-order valence-electron chi connectivity index (χ1n) is 3.73. The summed E-state index contributed by atoms with van der Waals surface area (Å²) in [4.78, 5) is 0. The second-order valence-electron chi connectivity index (χ2n) is 2.94. The zero-order valence-electron chi connectivity index (χ0n) is 6.78. The van der Waals surface area contributed by atoms with Crippen molar-refractivity contribution in [1.82, 2.24) is 5.32 Å². The van der Waals surface area contributed by atoms with E-state index in [1.54, 1.807) is 0 Å². The molecule has 0 bridgehead atoms. The van der Waals surface area contributed by atoms with Crippen LogP contribution >= 0.6 is 0 Å². The van der Waals surface area contributed by atoms with Gasteiger partial charge in [0.1, 0.15) is 0 Å². The van der Waals surface area contributed by atoms with E-state index in [0.29, 0.717) is 6.04 Å². The van der Waals surface area contributed by atoms with Crippen molar-refractivity contribution in [1.29, 1.82) is 0 Å². The van der Waals surface area contributed by atoms with Gasteiger partial charge >= 0.3 is 0 Å². The summed E-state index contributed by atoms with van der Waals surface area (Å²) in [6.07, 6.45) is 2.42. The average molecular weight is 128 g/mol. The first-order chi connectivity index (χ1) is 4.20. The molecule has 55 valence electrons. The van der Waals surface area contributed by atoms with Crippen molar-refractivity contribution in [2.75, 3.05) is 0 Å². The molecular weight excluding hydrogens is 110 g/mol. The lowest BCUT2D eigenvalue weighted by Gasteiger charge is -2.15. The van der Waals surface area contributed by atoms with E-state index in [2.05, 4.69) is 33.1 Å². The Labute approximate surface area is 58.8 Å². The van der Waals surface area contributed by atoms with Crippen molar-refractivity contribution >= 4 is 0 Å². The molecule has 0 saturated carbocycles. The Bertz CT molecular complexity index is 55.6. The van der Waals surface area contributed by atoms with Crippen molar-refractivity contribution in [2.24, 2.45) is 5.92 Å². The zero-order chi connectivity index (χ0) is 7.28. The molecule has 0 rings (SSSR count). The lowest BCUT2D eigenvalue weighted by molar-refractivity contribution is 0.444. The van der Waals surface area contributed by atoms with E-state index in [1.807, 2.05) is 0 Å². The number of hydrogen-bond donors (Lipinski definition) is 1. The highest BCUT2D eigenvalue weighted by Crippen LogP contribution is 2.06. The molecule has 1 heteroatoms. The Morgan fingerprint density at radius 2 is 2.00 bits per heavy atom. The van der Waals surface area contributed by atoms with Gasteiger partial charge in [-0.1, -0.05) is 20.8 Å². The van der Waals surface area contributed by atoms with Gasteiger partial charge in [-0.25, -0.2) is 0 Å². The van der Waals surface area contributed by atoms with Crippen LogP contribution in [0.2, 0.25) is 0 Å². The highest BCUT2D eigenvalue weighted by Gasteiger charge is 2.03. The fourth-order valence-corrected chi connectivity index (χ4v) is 0.963. The summed E-state index contributed by atoms with van der Waals surface area (Å²) >= 11 is 0. The second-order valence-corrected chi connectivity index (χ2v) is 2.94. The Balaban J connectivity index is 3.31. The van der Waals surface area contributed by atoms with Gasteiger partial charge in [0.15, 0.2) is 0 Å². The van der Waals surface area contributed by atoms with Gasteiger partial charge in [-0.3, -0.25) is 0 Å². The molecule has 0 saturated heterocycles. The van der Waals surface area contributed by atoms with Gasteiger partial charge in [-0.05, 0) is 18.8 Å². The van der Waals surface area contributed by atoms with Gasteiger partial charge in [0.05, 0.1) is 0 Å². The molecule has 0 spiro atoms. The molecule has 1 atom stereocenters. The third-order valence-electron chi connectivity index (χ3n) is 1.54. The first-order valence-corrected chi connectivity index (χ1v) is 3.73. The predicted octanol–water partition coefficient (Wildman–Crippen LogP) is 2.19. The second kappa shape index (κ2) is 4.80. The summed E-state index contributed by atoms with van der Waals surface area (Å²) in [5.74, 6) is 0.782. The van der Waals surface area contributed by atoms with Crippen LogP contribution in [0, 0.1) is 13.0 Å². The number of rotatable bonds is 4. The fraction of sp³-hybridized carbons (Fsp3) is 0.875. The molecule has 0 aromatic rings. The van der Waals surface area contributed by atoms with Crippen LogP contribution in [0.1, 0.15) is 33.6 Å². The summed E-state index contributed by atoms with van der Waals surface area (Å²) in [5.41, 5.74) is 0. The lowest BCUT2D eigenvalue weighted by Crippen LogP contribution is -2.23. The van der Waals surface area contributed by atoms with Crippen LogP contribution in [0.5, 0.6) is 0 Å². The van der Waals surface area contributed by atoms with Crippen molar-refractivity contribution < 1.29 is 0 Å². The smallest absolute Gasteiger partial charge is 0.00794 e. The van der Waals surface area contributed by atoms with Crippen LogP contribution in [0.15, 0.2) is 0 Å². The first kappa shape index (κ1) is 8.96. The molecule has 0 fully saturated rings. The van der Waals surface area contributed by atoms with E-state index in [4.69, 9.17) is 0 Å². The summed E-state index contributed by atoms with van der Waals surface area (Å²) in [6.45, 7) is 6.66. The third-order valence-corrected chi connectivity index (χ3v) is 1.54. The summed E-state index contributed by atoms with van der Waals surface area (Å²) in [5, 5.41) is 3.03. The van der Waals surface area contributed by atoms with Gasteiger partial charge in [-0.15, -0.1) is 0 Å². The SMILES string of the molecule is [CH2]NC(CC)CC(C)C. The van der Waals surface area contributed by atoms with Crippen molar-refractivity contribution in [2.45, 2.75) is 39.7 Å².